The minimum Gasteiger partial charge on any atom is -0.308 e. The quantitative estimate of drug-likeness (QED) is 0.871. The molecule has 3 nitrogen and oxygen atoms in total. The van der Waals surface area contributed by atoms with Gasteiger partial charge in [-0.25, -0.2) is 0 Å². The highest BCUT2D eigenvalue weighted by atomic mass is 32.1. The van der Waals surface area contributed by atoms with Crippen molar-refractivity contribution in [1.82, 2.24) is 15.5 Å². The van der Waals surface area contributed by atoms with Gasteiger partial charge >= 0.3 is 0 Å². The monoisotopic (exact) mass is 247 g/mol. The third-order valence-electron chi connectivity index (χ3n) is 3.35. The Bertz CT molecular complexity index is 491. The second-order valence-corrected chi connectivity index (χ2v) is 5.86. The van der Waals surface area contributed by atoms with Crippen molar-refractivity contribution in [2.24, 2.45) is 0 Å². The molecule has 17 heavy (non-hydrogen) atoms. The average Bonchev–Trinajstić information content (AvgIpc) is 2.95. The van der Waals surface area contributed by atoms with E-state index in [2.05, 4.69) is 28.5 Å². The van der Waals surface area contributed by atoms with Crippen molar-refractivity contribution in [2.75, 3.05) is 0 Å². The van der Waals surface area contributed by atoms with Gasteiger partial charge in [-0.3, -0.25) is 5.10 Å². The van der Waals surface area contributed by atoms with Crippen LogP contribution in [0.1, 0.15) is 33.0 Å². The number of fused-ring (bicyclic) bond motifs is 1. The Hall–Kier alpha value is -1.13. The summed E-state index contributed by atoms with van der Waals surface area (Å²) in [6.07, 6.45) is 5.83. The zero-order valence-corrected chi connectivity index (χ0v) is 10.9. The zero-order chi connectivity index (χ0) is 11.7. The van der Waals surface area contributed by atoms with E-state index in [4.69, 9.17) is 0 Å². The first-order valence-corrected chi connectivity index (χ1v) is 6.94. The molecule has 0 aliphatic heterocycles. The van der Waals surface area contributed by atoms with E-state index in [-0.39, 0.29) is 0 Å². The minimum atomic E-state index is 0.894. The molecule has 1 aliphatic rings. The summed E-state index contributed by atoms with van der Waals surface area (Å²) in [6, 6.07) is 2.38. The van der Waals surface area contributed by atoms with E-state index in [1.165, 1.54) is 29.7 Å². The minimum absolute atomic E-state index is 0.894. The van der Waals surface area contributed by atoms with Crippen LogP contribution in [0, 0.1) is 6.92 Å². The third kappa shape index (κ3) is 2.28. The molecule has 2 aromatic heterocycles. The van der Waals surface area contributed by atoms with Crippen LogP contribution in [0.5, 0.6) is 0 Å². The fourth-order valence-corrected chi connectivity index (χ4v) is 3.58. The van der Waals surface area contributed by atoms with Crippen molar-refractivity contribution in [1.29, 1.82) is 0 Å². The molecule has 0 spiro atoms. The van der Waals surface area contributed by atoms with Crippen molar-refractivity contribution in [3.8, 4) is 0 Å². The molecule has 1 aliphatic carbocycles. The van der Waals surface area contributed by atoms with Gasteiger partial charge in [0.25, 0.3) is 0 Å². The SMILES string of the molecule is Cc1[nH]ncc1CNCc1cc2c(s1)CCC2. The van der Waals surface area contributed by atoms with Gasteiger partial charge in [-0.1, -0.05) is 0 Å². The van der Waals surface area contributed by atoms with Crippen LogP contribution in [0.15, 0.2) is 12.3 Å². The fraction of sp³-hybridized carbons (Fsp3) is 0.462. The molecule has 2 N–H and O–H groups in total. The van der Waals surface area contributed by atoms with Crippen LogP contribution in [0.3, 0.4) is 0 Å². The summed E-state index contributed by atoms with van der Waals surface area (Å²) in [6.45, 7) is 3.93. The van der Waals surface area contributed by atoms with Crippen molar-refractivity contribution in [3.63, 3.8) is 0 Å². The largest absolute Gasteiger partial charge is 0.308 e. The predicted molar refractivity (Wildman–Crippen MR) is 70.2 cm³/mol. The Labute approximate surface area is 105 Å². The van der Waals surface area contributed by atoms with E-state index in [0.29, 0.717) is 0 Å². The Morgan fingerprint density at radius 1 is 1.41 bits per heavy atom. The number of thiophene rings is 1. The zero-order valence-electron chi connectivity index (χ0n) is 10.0. The van der Waals surface area contributed by atoms with Gasteiger partial charge in [0.2, 0.25) is 0 Å². The maximum Gasteiger partial charge on any atom is 0.0535 e. The molecule has 4 heteroatoms. The van der Waals surface area contributed by atoms with Gasteiger partial charge in [0, 0.05) is 34.1 Å². The standard InChI is InChI=1S/C13H17N3S/c1-9-11(7-15-16-9)6-14-8-12-5-10-3-2-4-13(10)17-12/h5,7,14H,2-4,6,8H2,1H3,(H,15,16). The number of hydrogen-bond donors (Lipinski definition) is 2. The summed E-state index contributed by atoms with van der Waals surface area (Å²) < 4.78 is 0. The van der Waals surface area contributed by atoms with Gasteiger partial charge in [-0.15, -0.1) is 11.3 Å². The van der Waals surface area contributed by atoms with Crippen LogP contribution >= 0.6 is 11.3 Å². The van der Waals surface area contributed by atoms with Gasteiger partial charge in [-0.2, -0.15) is 5.10 Å². The summed E-state index contributed by atoms with van der Waals surface area (Å²) in [5.41, 5.74) is 4.01. The number of aryl methyl sites for hydroxylation is 3. The first-order chi connectivity index (χ1) is 8.33. The highest BCUT2D eigenvalue weighted by Gasteiger charge is 2.14. The van der Waals surface area contributed by atoms with Crippen LogP contribution in [0.2, 0.25) is 0 Å². The summed E-state index contributed by atoms with van der Waals surface area (Å²) in [7, 11) is 0. The van der Waals surface area contributed by atoms with E-state index in [1.54, 1.807) is 10.4 Å². The predicted octanol–water partition coefficient (Wildman–Crippen LogP) is 2.56. The smallest absolute Gasteiger partial charge is 0.0535 e. The van der Waals surface area contributed by atoms with Gasteiger partial charge < -0.3 is 5.32 Å². The Morgan fingerprint density at radius 2 is 2.35 bits per heavy atom. The highest BCUT2D eigenvalue weighted by Crippen LogP contribution is 2.30. The molecule has 0 unspecified atom stereocenters. The van der Waals surface area contributed by atoms with Crippen molar-refractivity contribution < 1.29 is 0 Å². The number of aromatic nitrogens is 2. The maximum absolute atomic E-state index is 4.03. The Kier molecular flexibility index (Phi) is 2.99. The maximum atomic E-state index is 4.03. The normalized spacial score (nSPS) is 14.2. The van der Waals surface area contributed by atoms with Crippen LogP contribution in [-0.2, 0) is 25.9 Å². The summed E-state index contributed by atoms with van der Waals surface area (Å²) in [4.78, 5) is 3.08. The molecule has 2 heterocycles. The van der Waals surface area contributed by atoms with E-state index in [1.807, 2.05) is 17.5 Å². The number of rotatable bonds is 4. The summed E-state index contributed by atoms with van der Waals surface area (Å²) >= 11 is 1.98. The molecule has 0 atom stereocenters. The molecule has 0 amide bonds. The van der Waals surface area contributed by atoms with E-state index in [9.17, 15) is 0 Å². The Morgan fingerprint density at radius 3 is 3.12 bits per heavy atom. The van der Waals surface area contributed by atoms with Gasteiger partial charge in [-0.05, 0) is 37.8 Å². The molecule has 0 radical (unpaired) electrons. The van der Waals surface area contributed by atoms with Crippen molar-refractivity contribution in [3.05, 3.63) is 38.8 Å². The van der Waals surface area contributed by atoms with Gasteiger partial charge in [0.1, 0.15) is 0 Å². The van der Waals surface area contributed by atoms with Crippen LogP contribution < -0.4 is 5.32 Å². The van der Waals surface area contributed by atoms with Gasteiger partial charge in [0.05, 0.1) is 6.20 Å². The second-order valence-electron chi connectivity index (χ2n) is 4.64. The lowest BCUT2D eigenvalue weighted by Gasteiger charge is -2.01. The average molecular weight is 247 g/mol. The van der Waals surface area contributed by atoms with Crippen LogP contribution in [0.25, 0.3) is 0 Å². The topological polar surface area (TPSA) is 40.7 Å². The van der Waals surface area contributed by atoms with E-state index >= 15 is 0 Å². The highest BCUT2D eigenvalue weighted by molar-refractivity contribution is 7.12. The molecule has 2 aromatic rings. The second kappa shape index (κ2) is 4.63. The van der Waals surface area contributed by atoms with Crippen molar-refractivity contribution in [2.45, 2.75) is 39.3 Å². The molecule has 0 fully saturated rings. The first-order valence-electron chi connectivity index (χ1n) is 6.13. The molecule has 0 bridgehead atoms. The van der Waals surface area contributed by atoms with E-state index < -0.39 is 0 Å². The van der Waals surface area contributed by atoms with E-state index in [0.717, 1.165) is 18.8 Å². The molecule has 90 valence electrons. The number of nitrogens with one attached hydrogen (secondary N) is 2. The molecular weight excluding hydrogens is 230 g/mol. The van der Waals surface area contributed by atoms with Crippen molar-refractivity contribution >= 4 is 11.3 Å². The Balaban J connectivity index is 1.56. The molecule has 0 saturated carbocycles. The molecule has 0 aromatic carbocycles. The lowest BCUT2D eigenvalue weighted by Crippen LogP contribution is -2.12. The third-order valence-corrected chi connectivity index (χ3v) is 4.58. The molecule has 3 rings (SSSR count). The summed E-state index contributed by atoms with van der Waals surface area (Å²) in [5.74, 6) is 0. The number of H-pyrrole nitrogens is 1. The molecule has 0 saturated heterocycles. The number of nitrogens with zero attached hydrogens (tertiary/aromatic N) is 1. The molecular formula is C13H17N3S. The van der Waals surface area contributed by atoms with Crippen LogP contribution in [-0.4, -0.2) is 10.2 Å². The lowest BCUT2D eigenvalue weighted by molar-refractivity contribution is 0.697. The lowest BCUT2D eigenvalue weighted by atomic mass is 10.2. The summed E-state index contributed by atoms with van der Waals surface area (Å²) in [5, 5.41) is 10.5. The first kappa shape index (κ1) is 11.0. The van der Waals surface area contributed by atoms with Crippen LogP contribution in [0.4, 0.5) is 0 Å². The fourth-order valence-electron chi connectivity index (χ4n) is 2.35. The van der Waals surface area contributed by atoms with Gasteiger partial charge in [0.15, 0.2) is 0 Å². The number of aromatic amines is 1. The number of hydrogen-bond acceptors (Lipinski definition) is 3.